The number of amides is 1. The van der Waals surface area contributed by atoms with E-state index in [1.165, 1.54) is 18.2 Å². The molecule has 1 aliphatic rings. The molecular formula is C15H19Cl2NO2S. The van der Waals surface area contributed by atoms with Crippen molar-refractivity contribution in [1.29, 1.82) is 0 Å². The third kappa shape index (κ3) is 4.78. The first-order chi connectivity index (χ1) is 10.0. The van der Waals surface area contributed by atoms with Crippen LogP contribution in [0.1, 0.15) is 32.1 Å². The van der Waals surface area contributed by atoms with Crippen LogP contribution in [0.2, 0.25) is 10.0 Å². The van der Waals surface area contributed by atoms with Gasteiger partial charge in [0.25, 0.3) is 0 Å². The minimum absolute atomic E-state index is 0.00132. The third-order valence-electron chi connectivity index (χ3n) is 3.77. The summed E-state index contributed by atoms with van der Waals surface area (Å²) in [6.45, 7) is 0.00132. The lowest BCUT2D eigenvalue weighted by atomic mass is 9.82. The van der Waals surface area contributed by atoms with Crippen molar-refractivity contribution in [2.45, 2.75) is 42.5 Å². The van der Waals surface area contributed by atoms with Gasteiger partial charge in [0.1, 0.15) is 0 Å². The van der Waals surface area contributed by atoms with Gasteiger partial charge in [-0.05, 0) is 31.0 Å². The van der Waals surface area contributed by atoms with Crippen LogP contribution in [0.5, 0.6) is 0 Å². The van der Waals surface area contributed by atoms with Gasteiger partial charge in [-0.1, -0.05) is 42.5 Å². The van der Waals surface area contributed by atoms with Gasteiger partial charge in [-0.25, -0.2) is 0 Å². The predicted octanol–water partition coefficient (Wildman–Crippen LogP) is 3.90. The van der Waals surface area contributed by atoms with Crippen molar-refractivity contribution in [3.05, 3.63) is 28.2 Å². The van der Waals surface area contributed by atoms with E-state index >= 15 is 0 Å². The zero-order valence-corrected chi connectivity index (χ0v) is 14.0. The summed E-state index contributed by atoms with van der Waals surface area (Å²) in [5, 5.41) is 13.8. The third-order valence-corrected chi connectivity index (χ3v) is 5.50. The molecule has 2 N–H and O–H groups in total. The Kier molecular flexibility index (Phi) is 6.23. The Bertz CT molecular complexity index is 504. The molecule has 21 heavy (non-hydrogen) atoms. The summed E-state index contributed by atoms with van der Waals surface area (Å²) in [6, 6.07) is 5.20. The van der Waals surface area contributed by atoms with Crippen LogP contribution in [0, 0.1) is 0 Å². The molecule has 0 heterocycles. The van der Waals surface area contributed by atoms with E-state index in [-0.39, 0.29) is 18.3 Å². The van der Waals surface area contributed by atoms with Gasteiger partial charge in [0, 0.05) is 9.92 Å². The van der Waals surface area contributed by atoms with Crippen molar-refractivity contribution in [3.8, 4) is 0 Å². The van der Waals surface area contributed by atoms with Crippen LogP contribution < -0.4 is 5.32 Å². The first-order valence-corrected chi connectivity index (χ1v) is 8.78. The van der Waals surface area contributed by atoms with Crippen molar-refractivity contribution in [3.63, 3.8) is 0 Å². The van der Waals surface area contributed by atoms with Crippen LogP contribution in [-0.4, -0.2) is 28.9 Å². The molecule has 0 spiro atoms. The average molecular weight is 348 g/mol. The first kappa shape index (κ1) is 16.9. The summed E-state index contributed by atoms with van der Waals surface area (Å²) in [5.41, 5.74) is -0.436. The normalized spacial score (nSPS) is 17.5. The highest BCUT2D eigenvalue weighted by molar-refractivity contribution is 8.00. The van der Waals surface area contributed by atoms with E-state index < -0.39 is 5.54 Å². The molecule has 0 atom stereocenters. The topological polar surface area (TPSA) is 49.3 Å². The second kappa shape index (κ2) is 7.73. The molecular weight excluding hydrogens is 329 g/mol. The molecule has 1 aromatic rings. The van der Waals surface area contributed by atoms with Crippen molar-refractivity contribution in [2.24, 2.45) is 0 Å². The number of hydrogen-bond donors (Lipinski definition) is 2. The number of carbonyl (C=O) groups excluding carboxylic acids is 1. The number of halogens is 2. The van der Waals surface area contributed by atoms with Gasteiger partial charge >= 0.3 is 0 Å². The maximum atomic E-state index is 12.1. The van der Waals surface area contributed by atoms with Crippen molar-refractivity contribution in [1.82, 2.24) is 5.32 Å². The molecule has 116 valence electrons. The van der Waals surface area contributed by atoms with Crippen molar-refractivity contribution >= 4 is 40.9 Å². The summed E-state index contributed by atoms with van der Waals surface area (Å²) in [7, 11) is 0. The Morgan fingerprint density at radius 1 is 1.29 bits per heavy atom. The van der Waals surface area contributed by atoms with E-state index in [1.807, 2.05) is 0 Å². The SMILES string of the molecule is O=C(CSc1cc(Cl)ccc1Cl)NC1(CO)CCCCC1. The molecule has 3 nitrogen and oxygen atoms in total. The van der Waals surface area contributed by atoms with Gasteiger partial charge in [-0.3, -0.25) is 4.79 Å². The monoisotopic (exact) mass is 347 g/mol. The molecule has 0 bridgehead atoms. The van der Waals surface area contributed by atoms with Gasteiger partial charge in [0.15, 0.2) is 0 Å². The summed E-state index contributed by atoms with van der Waals surface area (Å²) in [5.74, 6) is 0.189. The lowest BCUT2D eigenvalue weighted by molar-refractivity contribution is -0.121. The molecule has 0 aromatic heterocycles. The minimum Gasteiger partial charge on any atom is -0.394 e. The van der Waals surface area contributed by atoms with Gasteiger partial charge < -0.3 is 10.4 Å². The van der Waals surface area contributed by atoms with Crippen LogP contribution in [0.3, 0.4) is 0 Å². The maximum Gasteiger partial charge on any atom is 0.230 e. The van der Waals surface area contributed by atoms with Gasteiger partial charge in [0.05, 0.1) is 22.9 Å². The highest BCUT2D eigenvalue weighted by Gasteiger charge is 2.32. The molecule has 1 amide bonds. The fourth-order valence-electron chi connectivity index (χ4n) is 2.61. The highest BCUT2D eigenvalue weighted by Crippen LogP contribution is 2.31. The molecule has 1 saturated carbocycles. The number of aliphatic hydroxyl groups is 1. The van der Waals surface area contributed by atoms with Gasteiger partial charge in [0.2, 0.25) is 5.91 Å². The largest absolute Gasteiger partial charge is 0.394 e. The molecule has 1 fully saturated rings. The number of nitrogens with one attached hydrogen (secondary N) is 1. The Hall–Kier alpha value is -0.420. The molecule has 2 rings (SSSR count). The smallest absolute Gasteiger partial charge is 0.230 e. The van der Waals surface area contributed by atoms with E-state index in [0.29, 0.717) is 10.0 Å². The molecule has 0 radical (unpaired) electrons. The van der Waals surface area contributed by atoms with Crippen molar-refractivity contribution in [2.75, 3.05) is 12.4 Å². The quantitative estimate of drug-likeness (QED) is 0.794. The molecule has 0 unspecified atom stereocenters. The van der Waals surface area contributed by atoms with E-state index in [4.69, 9.17) is 23.2 Å². The number of carbonyl (C=O) groups is 1. The first-order valence-electron chi connectivity index (χ1n) is 7.04. The zero-order chi connectivity index (χ0) is 15.3. The molecule has 1 aliphatic carbocycles. The van der Waals surface area contributed by atoms with E-state index in [1.54, 1.807) is 18.2 Å². The van der Waals surface area contributed by atoms with Crippen LogP contribution in [0.15, 0.2) is 23.1 Å². The number of hydrogen-bond acceptors (Lipinski definition) is 3. The molecule has 1 aromatic carbocycles. The second-order valence-electron chi connectivity index (χ2n) is 5.41. The fourth-order valence-corrected chi connectivity index (χ4v) is 3.91. The van der Waals surface area contributed by atoms with Crippen molar-refractivity contribution < 1.29 is 9.90 Å². The summed E-state index contributed by atoms with van der Waals surface area (Å²) >= 11 is 13.4. The molecule has 6 heteroatoms. The average Bonchev–Trinajstić information content (AvgIpc) is 2.49. The number of rotatable bonds is 5. The minimum atomic E-state index is -0.436. The van der Waals surface area contributed by atoms with E-state index in [2.05, 4.69) is 5.32 Å². The Labute approximate surface area is 139 Å². The number of thioether (sulfide) groups is 1. The molecule has 0 aliphatic heterocycles. The number of benzene rings is 1. The lowest BCUT2D eigenvalue weighted by Gasteiger charge is -2.36. The Morgan fingerprint density at radius 2 is 2.00 bits per heavy atom. The van der Waals surface area contributed by atoms with E-state index in [9.17, 15) is 9.90 Å². The van der Waals surface area contributed by atoms with Gasteiger partial charge in [-0.2, -0.15) is 0 Å². The summed E-state index contributed by atoms with van der Waals surface area (Å²) in [4.78, 5) is 12.9. The second-order valence-corrected chi connectivity index (χ2v) is 7.27. The predicted molar refractivity (Wildman–Crippen MR) is 88.2 cm³/mol. The number of aliphatic hydroxyl groups excluding tert-OH is 1. The lowest BCUT2D eigenvalue weighted by Crippen LogP contribution is -2.53. The summed E-state index contributed by atoms with van der Waals surface area (Å²) in [6.07, 6.45) is 4.96. The Morgan fingerprint density at radius 3 is 2.67 bits per heavy atom. The standard InChI is InChI=1S/C15H19Cl2NO2S/c16-11-4-5-12(17)13(8-11)21-9-14(20)18-15(10-19)6-2-1-3-7-15/h4-5,8,19H,1-3,6-7,9-10H2,(H,18,20). The Balaban J connectivity index is 1.91. The van der Waals surface area contributed by atoms with Crippen LogP contribution >= 0.6 is 35.0 Å². The maximum absolute atomic E-state index is 12.1. The summed E-state index contributed by atoms with van der Waals surface area (Å²) < 4.78 is 0. The van der Waals surface area contributed by atoms with Crippen LogP contribution in [0.4, 0.5) is 0 Å². The zero-order valence-electron chi connectivity index (χ0n) is 11.7. The van der Waals surface area contributed by atoms with Crippen LogP contribution in [0.25, 0.3) is 0 Å². The van der Waals surface area contributed by atoms with Crippen LogP contribution in [-0.2, 0) is 4.79 Å². The highest BCUT2D eigenvalue weighted by atomic mass is 35.5. The van der Waals surface area contributed by atoms with E-state index in [0.717, 1.165) is 30.6 Å². The fraction of sp³-hybridized carbons (Fsp3) is 0.533. The molecule has 0 saturated heterocycles. The van der Waals surface area contributed by atoms with Gasteiger partial charge in [-0.15, -0.1) is 11.8 Å².